The van der Waals surface area contributed by atoms with Crippen molar-refractivity contribution in [2.75, 3.05) is 31.1 Å². The molecule has 1 fully saturated rings. The van der Waals surface area contributed by atoms with Crippen LogP contribution in [0.3, 0.4) is 0 Å². The van der Waals surface area contributed by atoms with E-state index in [9.17, 15) is 4.79 Å². The lowest BCUT2D eigenvalue weighted by Gasteiger charge is -2.28. The fourth-order valence-corrected chi connectivity index (χ4v) is 5.42. The van der Waals surface area contributed by atoms with Gasteiger partial charge >= 0.3 is 0 Å². The Bertz CT molecular complexity index is 1680. The van der Waals surface area contributed by atoms with Crippen LogP contribution < -0.4 is 4.90 Å². The summed E-state index contributed by atoms with van der Waals surface area (Å²) in [7, 11) is 0. The number of aryl methyl sites for hydroxylation is 1. The van der Waals surface area contributed by atoms with E-state index in [-0.39, 0.29) is 5.91 Å². The van der Waals surface area contributed by atoms with Crippen molar-refractivity contribution in [2.45, 2.75) is 40.5 Å². The van der Waals surface area contributed by atoms with Gasteiger partial charge in [-0.1, -0.05) is 92.2 Å². The zero-order valence-corrected chi connectivity index (χ0v) is 23.6. The molecule has 0 radical (unpaired) electrons. The highest BCUT2D eigenvalue weighted by atomic mass is 16.5. The summed E-state index contributed by atoms with van der Waals surface area (Å²) < 4.78 is 5.89. The highest BCUT2D eigenvalue weighted by Crippen LogP contribution is 2.36. The Hall–Kier alpha value is -4.26. The van der Waals surface area contributed by atoms with Gasteiger partial charge in [0.2, 0.25) is 5.91 Å². The minimum Gasteiger partial charge on any atom is -0.354 e. The predicted molar refractivity (Wildman–Crippen MR) is 159 cm³/mol. The Morgan fingerprint density at radius 2 is 1.68 bits per heavy atom. The van der Waals surface area contributed by atoms with E-state index in [1.165, 1.54) is 10.9 Å². The molecule has 7 heteroatoms. The van der Waals surface area contributed by atoms with Gasteiger partial charge in [0.15, 0.2) is 0 Å². The third-order valence-electron chi connectivity index (χ3n) is 7.59. The van der Waals surface area contributed by atoms with E-state index < -0.39 is 5.41 Å². The van der Waals surface area contributed by atoms with Crippen molar-refractivity contribution in [3.8, 4) is 11.3 Å². The molecular formula is C33H35N5O2. The molecule has 0 saturated carbocycles. The maximum Gasteiger partial charge on any atom is 0.263 e. The van der Waals surface area contributed by atoms with E-state index in [1.54, 1.807) is 0 Å². The smallest absolute Gasteiger partial charge is 0.263 e. The lowest BCUT2D eigenvalue weighted by Crippen LogP contribution is -2.41. The van der Waals surface area contributed by atoms with Crippen molar-refractivity contribution in [3.05, 3.63) is 83.7 Å². The molecule has 1 aliphatic rings. The zero-order chi connectivity index (χ0) is 27.9. The number of carbonyl (C=O) groups is 1. The summed E-state index contributed by atoms with van der Waals surface area (Å²) in [5, 5.41) is 7.65. The second kappa shape index (κ2) is 10.4. The van der Waals surface area contributed by atoms with Crippen LogP contribution in [0.25, 0.3) is 33.1 Å². The molecule has 3 heterocycles. The quantitative estimate of drug-likeness (QED) is 0.265. The van der Waals surface area contributed by atoms with E-state index in [1.807, 2.05) is 37.8 Å². The molecule has 2 aromatic heterocycles. The summed E-state index contributed by atoms with van der Waals surface area (Å²) in [6, 6.07) is 23.1. The highest BCUT2D eigenvalue weighted by Gasteiger charge is 2.30. The first-order valence-electron chi connectivity index (χ1n) is 14.0. The van der Waals surface area contributed by atoms with Crippen LogP contribution in [0.5, 0.6) is 0 Å². The van der Waals surface area contributed by atoms with Gasteiger partial charge in [-0.3, -0.25) is 4.79 Å². The van der Waals surface area contributed by atoms with Gasteiger partial charge in [-0.15, -0.1) is 0 Å². The number of anilines is 1. The number of rotatable bonds is 4. The molecule has 6 rings (SSSR count). The summed E-state index contributed by atoms with van der Waals surface area (Å²) in [4.78, 5) is 27.3. The highest BCUT2D eigenvalue weighted by molar-refractivity contribution is 6.00. The summed E-state index contributed by atoms with van der Waals surface area (Å²) in [6.45, 7) is 10.9. The van der Waals surface area contributed by atoms with E-state index in [0.29, 0.717) is 31.0 Å². The SMILES string of the molecule is Cc1ccc(Cc2nc(N3CCCN(C(=O)C(C)(C)C)CC3)c3c(-c4ccc5ccccc5c4)noc3n2)cc1. The molecule has 1 aliphatic heterocycles. The molecule has 1 amide bonds. The fourth-order valence-electron chi connectivity index (χ4n) is 5.42. The maximum atomic E-state index is 13.1. The summed E-state index contributed by atoms with van der Waals surface area (Å²) in [5.41, 5.74) is 4.15. The number of carbonyl (C=O) groups excluding carboxylic acids is 1. The molecule has 40 heavy (non-hydrogen) atoms. The van der Waals surface area contributed by atoms with Crippen LogP contribution in [0.15, 0.2) is 71.3 Å². The first-order valence-corrected chi connectivity index (χ1v) is 14.0. The Labute approximate surface area is 234 Å². The first kappa shape index (κ1) is 26.0. The van der Waals surface area contributed by atoms with Gasteiger partial charge in [0, 0.05) is 43.6 Å². The average molecular weight is 534 g/mol. The predicted octanol–water partition coefficient (Wildman–Crippen LogP) is 6.42. The standard InChI is InChI=1S/C33H35N5O2/c1-22-10-12-23(13-11-22)20-27-34-30(37-16-7-17-38(19-18-37)32(39)33(2,3)4)28-29(36-40-31(28)35-27)26-15-14-24-8-5-6-9-25(24)21-26/h5-6,8-15,21H,7,16-20H2,1-4H3. The van der Waals surface area contributed by atoms with E-state index in [4.69, 9.17) is 14.5 Å². The van der Waals surface area contributed by atoms with Gasteiger partial charge in [0.25, 0.3) is 5.71 Å². The molecule has 3 aromatic carbocycles. The summed E-state index contributed by atoms with van der Waals surface area (Å²) >= 11 is 0. The van der Waals surface area contributed by atoms with E-state index in [2.05, 4.69) is 71.6 Å². The normalized spacial score (nSPS) is 14.6. The van der Waals surface area contributed by atoms with Crippen LogP contribution in [0.4, 0.5) is 5.82 Å². The number of aromatic nitrogens is 3. The zero-order valence-electron chi connectivity index (χ0n) is 23.6. The fraction of sp³-hybridized carbons (Fsp3) is 0.333. The Morgan fingerprint density at radius 1 is 0.900 bits per heavy atom. The van der Waals surface area contributed by atoms with Crippen molar-refractivity contribution in [2.24, 2.45) is 5.41 Å². The van der Waals surface area contributed by atoms with Crippen LogP contribution in [-0.4, -0.2) is 52.1 Å². The number of benzene rings is 3. The van der Waals surface area contributed by atoms with Crippen molar-refractivity contribution in [1.82, 2.24) is 20.0 Å². The lowest BCUT2D eigenvalue weighted by atomic mass is 9.94. The van der Waals surface area contributed by atoms with E-state index in [0.717, 1.165) is 52.9 Å². The molecule has 0 N–H and O–H groups in total. The van der Waals surface area contributed by atoms with Crippen LogP contribution >= 0.6 is 0 Å². The molecule has 5 aromatic rings. The van der Waals surface area contributed by atoms with Crippen LogP contribution in [0.1, 0.15) is 44.1 Å². The third-order valence-corrected chi connectivity index (χ3v) is 7.59. The largest absolute Gasteiger partial charge is 0.354 e. The molecule has 0 aliphatic carbocycles. The Kier molecular flexibility index (Phi) is 6.74. The minimum atomic E-state index is -0.406. The van der Waals surface area contributed by atoms with Crippen molar-refractivity contribution in [3.63, 3.8) is 0 Å². The molecule has 1 saturated heterocycles. The molecule has 0 spiro atoms. The molecule has 7 nitrogen and oxygen atoms in total. The van der Waals surface area contributed by atoms with Gasteiger partial charge < -0.3 is 14.3 Å². The number of hydrogen-bond donors (Lipinski definition) is 0. The first-order chi connectivity index (χ1) is 19.3. The lowest BCUT2D eigenvalue weighted by molar-refractivity contribution is -0.139. The Balaban J connectivity index is 1.43. The van der Waals surface area contributed by atoms with Gasteiger partial charge in [-0.05, 0) is 35.7 Å². The van der Waals surface area contributed by atoms with Crippen molar-refractivity contribution >= 4 is 33.6 Å². The number of amides is 1. The number of nitrogens with zero attached hydrogens (tertiary/aromatic N) is 5. The van der Waals surface area contributed by atoms with Gasteiger partial charge in [-0.25, -0.2) is 4.98 Å². The van der Waals surface area contributed by atoms with Crippen molar-refractivity contribution in [1.29, 1.82) is 0 Å². The summed E-state index contributed by atoms with van der Waals surface area (Å²) in [6.07, 6.45) is 1.45. The monoisotopic (exact) mass is 533 g/mol. The van der Waals surface area contributed by atoms with Crippen molar-refractivity contribution < 1.29 is 9.32 Å². The number of hydrogen-bond acceptors (Lipinski definition) is 6. The minimum absolute atomic E-state index is 0.184. The topological polar surface area (TPSA) is 75.4 Å². The average Bonchev–Trinajstić information content (AvgIpc) is 3.22. The number of fused-ring (bicyclic) bond motifs is 2. The third kappa shape index (κ3) is 5.16. The van der Waals surface area contributed by atoms with Gasteiger partial charge in [-0.2, -0.15) is 4.98 Å². The summed E-state index contributed by atoms with van der Waals surface area (Å²) in [5.74, 6) is 1.70. The van der Waals surface area contributed by atoms with Crippen LogP contribution in [0.2, 0.25) is 0 Å². The maximum absolute atomic E-state index is 13.1. The molecule has 0 bridgehead atoms. The molecule has 0 unspecified atom stereocenters. The van der Waals surface area contributed by atoms with Crippen LogP contribution in [-0.2, 0) is 11.2 Å². The molecule has 0 atom stereocenters. The second-order valence-electron chi connectivity index (χ2n) is 11.8. The second-order valence-corrected chi connectivity index (χ2v) is 11.8. The molecular weight excluding hydrogens is 498 g/mol. The molecule has 204 valence electrons. The van der Waals surface area contributed by atoms with Crippen LogP contribution in [0, 0.1) is 12.3 Å². The van der Waals surface area contributed by atoms with Gasteiger partial charge in [0.1, 0.15) is 22.7 Å². The van der Waals surface area contributed by atoms with E-state index >= 15 is 0 Å². The van der Waals surface area contributed by atoms with Gasteiger partial charge in [0.05, 0.1) is 0 Å². The Morgan fingerprint density at radius 3 is 2.45 bits per heavy atom.